The monoisotopic (exact) mass is 384 g/mol. The van der Waals surface area contributed by atoms with E-state index in [0.29, 0.717) is 12.1 Å². The van der Waals surface area contributed by atoms with Crippen LogP contribution in [0.25, 0.3) is 11.1 Å². The Bertz CT molecular complexity index is 648. The number of nitrogens with one attached hydrogen (secondary N) is 2. The van der Waals surface area contributed by atoms with Crippen molar-refractivity contribution in [1.82, 2.24) is 15.6 Å². The number of pyridine rings is 1. The Morgan fingerprint density at radius 1 is 1.04 bits per heavy atom. The molecule has 0 aliphatic rings. The van der Waals surface area contributed by atoms with E-state index in [0.717, 1.165) is 29.9 Å². The first-order valence-electron chi connectivity index (χ1n) is 7.83. The van der Waals surface area contributed by atoms with Gasteiger partial charge in [-0.1, -0.05) is 19.1 Å². The molecule has 1 aromatic heterocycles. The zero-order chi connectivity index (χ0) is 16.7. The van der Waals surface area contributed by atoms with E-state index in [1.807, 2.05) is 39.2 Å². The van der Waals surface area contributed by atoms with E-state index >= 15 is 0 Å². The lowest BCUT2D eigenvalue weighted by atomic mass is 10.1. The molecule has 2 aromatic rings. The molecule has 0 bridgehead atoms. The predicted octanol–water partition coefficient (Wildman–Crippen LogP) is 3.00. The number of nitrogens with zero attached hydrogens (tertiary/aromatic N) is 2. The highest BCUT2D eigenvalue weighted by Gasteiger charge is 2.07. The summed E-state index contributed by atoms with van der Waals surface area (Å²) in [4.78, 5) is 18.4. The average Bonchev–Trinajstić information content (AvgIpc) is 2.59. The molecule has 0 saturated carbocycles. The average molecular weight is 385 g/mol. The van der Waals surface area contributed by atoms with Crippen molar-refractivity contribution in [3.05, 3.63) is 48.3 Å². The molecule has 2 rings (SSSR count). The number of hydrogen-bond donors (Lipinski definition) is 2. The van der Waals surface area contributed by atoms with Gasteiger partial charge in [0.05, 0.1) is 5.56 Å². The van der Waals surface area contributed by atoms with Crippen LogP contribution in [0.4, 0.5) is 5.69 Å². The van der Waals surface area contributed by atoms with Crippen LogP contribution < -0.4 is 15.5 Å². The molecule has 5 nitrogen and oxygen atoms in total. The summed E-state index contributed by atoms with van der Waals surface area (Å²) >= 11 is 0. The maximum atomic E-state index is 12.1. The van der Waals surface area contributed by atoms with Gasteiger partial charge in [-0.2, -0.15) is 0 Å². The minimum Gasteiger partial charge on any atom is -0.378 e. The topological polar surface area (TPSA) is 57.3 Å². The number of halogens is 2. The fourth-order valence-corrected chi connectivity index (χ4v) is 2.22. The highest BCUT2D eigenvalue weighted by Crippen LogP contribution is 2.22. The second kappa shape index (κ2) is 11.7. The van der Waals surface area contributed by atoms with Crippen LogP contribution in [0.1, 0.15) is 17.3 Å². The van der Waals surface area contributed by atoms with Crippen LogP contribution in [0, 0.1) is 0 Å². The number of amides is 1. The molecular formula is C18H26Cl2N4O. The van der Waals surface area contributed by atoms with Gasteiger partial charge >= 0.3 is 0 Å². The van der Waals surface area contributed by atoms with Crippen molar-refractivity contribution >= 4 is 36.4 Å². The molecule has 1 heterocycles. The van der Waals surface area contributed by atoms with Gasteiger partial charge in [0.1, 0.15) is 0 Å². The van der Waals surface area contributed by atoms with Crippen LogP contribution in [0.3, 0.4) is 0 Å². The van der Waals surface area contributed by atoms with Crippen LogP contribution in [-0.4, -0.2) is 44.6 Å². The lowest BCUT2D eigenvalue weighted by Crippen LogP contribution is -2.31. The summed E-state index contributed by atoms with van der Waals surface area (Å²) in [6.07, 6.45) is 3.38. The number of carbonyl (C=O) groups is 1. The first kappa shape index (κ1) is 23.2. The summed E-state index contributed by atoms with van der Waals surface area (Å²) in [5, 5.41) is 6.06. The van der Waals surface area contributed by atoms with Gasteiger partial charge in [-0.3, -0.25) is 9.78 Å². The largest absolute Gasteiger partial charge is 0.378 e. The fraction of sp³-hybridized carbons (Fsp3) is 0.333. The molecule has 0 fully saturated rings. The number of hydrogen-bond acceptors (Lipinski definition) is 4. The van der Waals surface area contributed by atoms with Gasteiger partial charge in [0.15, 0.2) is 0 Å². The van der Waals surface area contributed by atoms with Crippen molar-refractivity contribution in [3.63, 3.8) is 0 Å². The van der Waals surface area contributed by atoms with Crippen molar-refractivity contribution in [3.8, 4) is 11.1 Å². The van der Waals surface area contributed by atoms with Gasteiger partial charge in [0, 0.05) is 50.8 Å². The van der Waals surface area contributed by atoms with E-state index in [4.69, 9.17) is 0 Å². The van der Waals surface area contributed by atoms with Crippen LogP contribution in [0.15, 0.2) is 42.7 Å². The molecule has 2 N–H and O–H groups in total. The molecular weight excluding hydrogens is 359 g/mol. The third kappa shape index (κ3) is 6.90. The summed E-state index contributed by atoms with van der Waals surface area (Å²) in [6.45, 7) is 4.31. The number of aromatic nitrogens is 1. The van der Waals surface area contributed by atoms with E-state index in [1.165, 1.54) is 0 Å². The molecule has 138 valence electrons. The summed E-state index contributed by atoms with van der Waals surface area (Å²) in [5.74, 6) is -0.0952. The second-order valence-electron chi connectivity index (χ2n) is 5.51. The molecule has 1 amide bonds. The zero-order valence-electron chi connectivity index (χ0n) is 14.8. The molecule has 0 aliphatic heterocycles. The Kier molecular flexibility index (Phi) is 10.8. The highest BCUT2D eigenvalue weighted by atomic mass is 35.5. The Labute approximate surface area is 162 Å². The lowest BCUT2D eigenvalue weighted by Gasteiger charge is -2.13. The Balaban J connectivity index is 0.00000288. The number of anilines is 1. The van der Waals surface area contributed by atoms with Gasteiger partial charge < -0.3 is 15.5 Å². The number of rotatable bonds is 7. The molecule has 0 unspecified atom stereocenters. The van der Waals surface area contributed by atoms with Gasteiger partial charge in [-0.25, -0.2) is 0 Å². The highest BCUT2D eigenvalue weighted by molar-refractivity contribution is 5.95. The summed E-state index contributed by atoms with van der Waals surface area (Å²) < 4.78 is 0. The lowest BCUT2D eigenvalue weighted by molar-refractivity contribution is 0.0953. The summed E-state index contributed by atoms with van der Waals surface area (Å²) in [5.41, 5.74) is 3.70. The van der Waals surface area contributed by atoms with Crippen LogP contribution >= 0.6 is 24.8 Å². The van der Waals surface area contributed by atoms with Crippen molar-refractivity contribution in [2.45, 2.75) is 6.92 Å². The van der Waals surface area contributed by atoms with Crippen molar-refractivity contribution in [2.24, 2.45) is 0 Å². The van der Waals surface area contributed by atoms with Gasteiger partial charge in [-0.15, -0.1) is 24.8 Å². The maximum Gasteiger partial charge on any atom is 0.252 e. The first-order chi connectivity index (χ1) is 11.1. The van der Waals surface area contributed by atoms with Gasteiger partial charge in [0.25, 0.3) is 5.91 Å². The number of likely N-dealkylation sites (N-methyl/N-ethyl adjacent to an activating group) is 1. The van der Waals surface area contributed by atoms with Crippen molar-refractivity contribution in [2.75, 3.05) is 38.6 Å². The van der Waals surface area contributed by atoms with Gasteiger partial charge in [-0.05, 0) is 30.3 Å². The van der Waals surface area contributed by atoms with Crippen LogP contribution in [0.5, 0.6) is 0 Å². The van der Waals surface area contributed by atoms with E-state index in [2.05, 4.69) is 32.7 Å². The van der Waals surface area contributed by atoms with E-state index in [1.54, 1.807) is 12.4 Å². The molecule has 7 heteroatoms. The molecule has 0 spiro atoms. The summed E-state index contributed by atoms with van der Waals surface area (Å²) in [7, 11) is 4.02. The third-order valence-electron chi connectivity index (χ3n) is 3.55. The van der Waals surface area contributed by atoms with Crippen molar-refractivity contribution in [1.29, 1.82) is 0 Å². The standard InChI is InChI=1S/C18H24N4O.2ClH/c1-4-19-9-10-21-18(23)16-11-15(12-20-13-16)14-5-7-17(8-6-14)22(2)3;;/h5-8,11-13,19H,4,9-10H2,1-3H3,(H,21,23);2*1H. The molecule has 1 aromatic carbocycles. The zero-order valence-corrected chi connectivity index (χ0v) is 16.4. The van der Waals surface area contributed by atoms with Crippen molar-refractivity contribution < 1.29 is 4.79 Å². The third-order valence-corrected chi connectivity index (χ3v) is 3.55. The maximum absolute atomic E-state index is 12.1. The molecule has 0 saturated heterocycles. The van der Waals surface area contributed by atoms with E-state index < -0.39 is 0 Å². The van der Waals surface area contributed by atoms with Crippen LogP contribution in [-0.2, 0) is 0 Å². The predicted molar refractivity (Wildman–Crippen MR) is 109 cm³/mol. The van der Waals surface area contributed by atoms with E-state index in [9.17, 15) is 4.79 Å². The van der Waals surface area contributed by atoms with Gasteiger partial charge in [0.2, 0.25) is 0 Å². The molecule has 0 aliphatic carbocycles. The molecule has 25 heavy (non-hydrogen) atoms. The molecule has 0 atom stereocenters. The first-order valence-corrected chi connectivity index (χ1v) is 7.83. The minimum absolute atomic E-state index is 0. The normalized spacial score (nSPS) is 9.56. The Morgan fingerprint density at radius 3 is 2.32 bits per heavy atom. The fourth-order valence-electron chi connectivity index (χ4n) is 2.22. The molecule has 0 radical (unpaired) electrons. The smallest absolute Gasteiger partial charge is 0.252 e. The van der Waals surface area contributed by atoms with E-state index in [-0.39, 0.29) is 30.7 Å². The second-order valence-corrected chi connectivity index (χ2v) is 5.51. The number of carbonyl (C=O) groups excluding carboxylic acids is 1. The van der Waals surface area contributed by atoms with Crippen LogP contribution in [0.2, 0.25) is 0 Å². The SMILES string of the molecule is CCNCCNC(=O)c1cncc(-c2ccc(N(C)C)cc2)c1.Cl.Cl. The minimum atomic E-state index is -0.0952. The number of benzene rings is 1. The summed E-state index contributed by atoms with van der Waals surface area (Å²) in [6, 6.07) is 10.1. The Morgan fingerprint density at radius 2 is 1.72 bits per heavy atom. The Hall–Kier alpha value is -1.82. The quantitative estimate of drug-likeness (QED) is 0.720.